The van der Waals surface area contributed by atoms with Crippen molar-refractivity contribution < 1.29 is 16.8 Å². The van der Waals surface area contributed by atoms with Gasteiger partial charge in [0.1, 0.15) is 4.90 Å². The van der Waals surface area contributed by atoms with E-state index in [1.54, 1.807) is 0 Å². The molecule has 0 aromatic heterocycles. The van der Waals surface area contributed by atoms with Gasteiger partial charge in [0, 0.05) is 38.5 Å². The maximum absolute atomic E-state index is 12.8. The molecule has 130 valence electrons. The summed E-state index contributed by atoms with van der Waals surface area (Å²) in [5.41, 5.74) is 0. The summed E-state index contributed by atoms with van der Waals surface area (Å²) in [6.45, 7) is 6.13. The third-order valence-corrected chi connectivity index (χ3v) is 7.44. The quantitative estimate of drug-likeness (QED) is 0.790. The molecule has 1 aliphatic heterocycles. The lowest BCUT2D eigenvalue weighted by Crippen LogP contribution is -2.50. The maximum Gasteiger partial charge on any atom is 0.244 e. The molecule has 1 aromatic carbocycles. The van der Waals surface area contributed by atoms with E-state index in [4.69, 9.17) is 11.6 Å². The Labute approximate surface area is 143 Å². The van der Waals surface area contributed by atoms with Crippen LogP contribution < -0.4 is 0 Å². The summed E-state index contributed by atoms with van der Waals surface area (Å²) in [4.78, 5) is 1.99. The van der Waals surface area contributed by atoms with E-state index < -0.39 is 19.9 Å². The number of rotatable bonds is 4. The number of sulfone groups is 1. The number of hydrogen-bond acceptors (Lipinski definition) is 5. The van der Waals surface area contributed by atoms with Crippen molar-refractivity contribution in [2.24, 2.45) is 0 Å². The second-order valence-electron chi connectivity index (χ2n) is 5.90. The maximum atomic E-state index is 12.8. The van der Waals surface area contributed by atoms with Crippen LogP contribution in [0.15, 0.2) is 28.0 Å². The van der Waals surface area contributed by atoms with Gasteiger partial charge in [0.2, 0.25) is 10.0 Å². The van der Waals surface area contributed by atoms with Gasteiger partial charge in [0.25, 0.3) is 0 Å². The standard InChI is InChI=1S/C14H21ClN2O4S2/c1-11(2)16-6-8-17(9-7-16)23(20,21)14-10-12(22(3,18)19)4-5-13(14)15/h4-5,10-11H,6-9H2,1-3H3. The van der Waals surface area contributed by atoms with Gasteiger partial charge in [-0.05, 0) is 32.0 Å². The Morgan fingerprint density at radius 2 is 1.61 bits per heavy atom. The van der Waals surface area contributed by atoms with Crippen LogP contribution in [-0.2, 0) is 19.9 Å². The average Bonchev–Trinajstić information content (AvgIpc) is 2.46. The van der Waals surface area contributed by atoms with Crippen LogP contribution in [0.4, 0.5) is 0 Å². The highest BCUT2D eigenvalue weighted by Gasteiger charge is 2.31. The van der Waals surface area contributed by atoms with Gasteiger partial charge >= 0.3 is 0 Å². The van der Waals surface area contributed by atoms with Crippen molar-refractivity contribution in [1.29, 1.82) is 0 Å². The highest BCUT2D eigenvalue weighted by molar-refractivity contribution is 7.91. The van der Waals surface area contributed by atoms with Crippen LogP contribution in [0.3, 0.4) is 0 Å². The minimum atomic E-state index is -3.81. The van der Waals surface area contributed by atoms with Crippen molar-refractivity contribution in [3.05, 3.63) is 23.2 Å². The number of hydrogen-bond donors (Lipinski definition) is 0. The fourth-order valence-corrected chi connectivity index (χ4v) is 5.16. The third kappa shape index (κ3) is 4.06. The molecular formula is C14H21ClN2O4S2. The summed E-state index contributed by atoms with van der Waals surface area (Å²) in [6, 6.07) is 4.13. The Kier molecular flexibility index (Phi) is 5.42. The zero-order valence-electron chi connectivity index (χ0n) is 13.4. The second kappa shape index (κ2) is 6.68. The molecule has 0 radical (unpaired) electrons. The van der Waals surface area contributed by atoms with Gasteiger partial charge < -0.3 is 0 Å². The average molecular weight is 381 g/mol. The predicted octanol–water partition coefficient (Wildman–Crippen LogP) is 1.46. The fourth-order valence-electron chi connectivity index (χ4n) is 2.51. The molecule has 9 heteroatoms. The normalized spacial score (nSPS) is 18.5. The van der Waals surface area contributed by atoms with Gasteiger partial charge in [-0.3, -0.25) is 4.90 Å². The minimum absolute atomic E-state index is 0.0312. The first-order chi connectivity index (χ1) is 10.5. The Balaban J connectivity index is 2.34. The SMILES string of the molecule is CC(C)N1CCN(S(=O)(=O)c2cc(S(C)(=O)=O)ccc2Cl)CC1. The van der Waals surface area contributed by atoms with Crippen LogP contribution in [0.2, 0.25) is 5.02 Å². The molecule has 0 aliphatic carbocycles. The topological polar surface area (TPSA) is 74.8 Å². The summed E-state index contributed by atoms with van der Waals surface area (Å²) >= 11 is 6.02. The van der Waals surface area contributed by atoms with Crippen molar-refractivity contribution in [3.8, 4) is 0 Å². The smallest absolute Gasteiger partial charge is 0.244 e. The molecule has 0 bridgehead atoms. The summed E-state index contributed by atoms with van der Waals surface area (Å²) in [5, 5.41) is 0.0312. The lowest BCUT2D eigenvalue weighted by molar-refractivity contribution is 0.154. The van der Waals surface area contributed by atoms with Crippen LogP contribution in [0, 0.1) is 0 Å². The fraction of sp³-hybridized carbons (Fsp3) is 0.571. The highest BCUT2D eigenvalue weighted by atomic mass is 35.5. The lowest BCUT2D eigenvalue weighted by atomic mass is 10.3. The Morgan fingerprint density at radius 1 is 1.04 bits per heavy atom. The van der Waals surface area contributed by atoms with E-state index in [-0.39, 0.29) is 14.8 Å². The molecule has 0 spiro atoms. The first-order valence-electron chi connectivity index (χ1n) is 7.27. The van der Waals surface area contributed by atoms with E-state index >= 15 is 0 Å². The number of piperazine rings is 1. The zero-order valence-corrected chi connectivity index (χ0v) is 15.7. The third-order valence-electron chi connectivity index (χ3n) is 3.95. The Hall–Kier alpha value is -0.670. The van der Waals surface area contributed by atoms with Crippen molar-refractivity contribution in [2.45, 2.75) is 29.7 Å². The second-order valence-corrected chi connectivity index (χ2v) is 10.2. The number of halogens is 1. The number of nitrogens with zero attached hydrogens (tertiary/aromatic N) is 2. The van der Waals surface area contributed by atoms with Gasteiger partial charge in [-0.15, -0.1) is 0 Å². The van der Waals surface area contributed by atoms with E-state index in [1.807, 2.05) is 0 Å². The van der Waals surface area contributed by atoms with E-state index in [2.05, 4.69) is 18.7 Å². The van der Waals surface area contributed by atoms with E-state index in [0.29, 0.717) is 32.2 Å². The molecule has 1 aromatic rings. The minimum Gasteiger partial charge on any atom is -0.298 e. The molecule has 1 fully saturated rings. The summed E-state index contributed by atoms with van der Waals surface area (Å²) in [5.74, 6) is 0. The molecule has 1 saturated heterocycles. The van der Waals surface area contributed by atoms with Gasteiger partial charge in [-0.25, -0.2) is 16.8 Å². The van der Waals surface area contributed by atoms with Gasteiger partial charge in [0.05, 0.1) is 9.92 Å². The molecular weight excluding hydrogens is 360 g/mol. The molecule has 0 saturated carbocycles. The van der Waals surface area contributed by atoms with E-state index in [9.17, 15) is 16.8 Å². The highest BCUT2D eigenvalue weighted by Crippen LogP contribution is 2.28. The van der Waals surface area contributed by atoms with Crippen molar-refractivity contribution in [3.63, 3.8) is 0 Å². The van der Waals surface area contributed by atoms with E-state index in [0.717, 1.165) is 12.3 Å². The van der Waals surface area contributed by atoms with E-state index in [1.165, 1.54) is 16.4 Å². The van der Waals surface area contributed by atoms with Crippen LogP contribution in [0.1, 0.15) is 13.8 Å². The van der Waals surface area contributed by atoms with Crippen LogP contribution in [0.5, 0.6) is 0 Å². The first-order valence-corrected chi connectivity index (χ1v) is 11.0. The molecule has 0 amide bonds. The molecule has 0 atom stereocenters. The summed E-state index contributed by atoms with van der Waals surface area (Å²) in [7, 11) is -7.32. The Morgan fingerprint density at radius 3 is 2.09 bits per heavy atom. The number of sulfonamides is 1. The monoisotopic (exact) mass is 380 g/mol. The van der Waals surface area contributed by atoms with Gasteiger partial charge in [-0.1, -0.05) is 11.6 Å². The van der Waals surface area contributed by atoms with Crippen LogP contribution >= 0.6 is 11.6 Å². The zero-order chi connectivity index (χ0) is 17.4. The van der Waals surface area contributed by atoms with Crippen molar-refractivity contribution in [2.75, 3.05) is 32.4 Å². The van der Waals surface area contributed by atoms with Crippen LogP contribution in [0.25, 0.3) is 0 Å². The Bertz CT molecular complexity index is 783. The van der Waals surface area contributed by atoms with Crippen molar-refractivity contribution >= 4 is 31.5 Å². The predicted molar refractivity (Wildman–Crippen MR) is 90.0 cm³/mol. The molecule has 2 rings (SSSR count). The first kappa shape index (κ1) is 18.7. The van der Waals surface area contributed by atoms with Crippen molar-refractivity contribution in [1.82, 2.24) is 9.21 Å². The largest absolute Gasteiger partial charge is 0.298 e. The molecule has 1 heterocycles. The lowest BCUT2D eigenvalue weighted by Gasteiger charge is -2.36. The van der Waals surface area contributed by atoms with Crippen LogP contribution in [-0.4, -0.2) is 64.5 Å². The number of benzene rings is 1. The summed E-state index contributed by atoms with van der Waals surface area (Å²) < 4.78 is 50.3. The molecule has 23 heavy (non-hydrogen) atoms. The molecule has 6 nitrogen and oxygen atoms in total. The van der Waals surface area contributed by atoms with Gasteiger partial charge in [0.15, 0.2) is 9.84 Å². The molecule has 0 unspecified atom stereocenters. The summed E-state index contributed by atoms with van der Waals surface area (Å²) in [6.07, 6.45) is 1.04. The molecule has 0 N–H and O–H groups in total. The van der Waals surface area contributed by atoms with Gasteiger partial charge in [-0.2, -0.15) is 4.31 Å². The molecule has 1 aliphatic rings.